The van der Waals surface area contributed by atoms with Crippen LogP contribution in [0.3, 0.4) is 0 Å². The maximum absolute atomic E-state index is 6.37. The minimum absolute atomic E-state index is 0.965. The Morgan fingerprint density at radius 1 is 0.778 bits per heavy atom. The first-order valence-electron chi connectivity index (χ1n) is 7.26. The Morgan fingerprint density at radius 3 is 1.89 bits per heavy atom. The van der Waals surface area contributed by atoms with Gasteiger partial charge in [0.2, 0.25) is 0 Å². The zero-order chi connectivity index (χ0) is 13.7. The second-order valence-corrected chi connectivity index (χ2v) is 5.10. The van der Waals surface area contributed by atoms with Gasteiger partial charge >= 0.3 is 0 Å². The van der Waals surface area contributed by atoms with Gasteiger partial charge < -0.3 is 11.5 Å². The highest BCUT2D eigenvalue weighted by molar-refractivity contribution is 5.71. The van der Waals surface area contributed by atoms with Crippen LogP contribution in [0.5, 0.6) is 0 Å². The number of benzene rings is 1. The third-order valence-electron chi connectivity index (χ3n) is 3.83. The van der Waals surface area contributed by atoms with E-state index in [1.807, 2.05) is 0 Å². The van der Waals surface area contributed by atoms with E-state index < -0.39 is 0 Å². The van der Waals surface area contributed by atoms with Gasteiger partial charge in [-0.3, -0.25) is 0 Å². The lowest BCUT2D eigenvalue weighted by molar-refractivity contribution is 0.781. The van der Waals surface area contributed by atoms with Gasteiger partial charge in [0.05, 0.1) is 0 Å². The van der Waals surface area contributed by atoms with E-state index in [0.717, 1.165) is 37.1 Å². The number of anilines is 2. The van der Waals surface area contributed by atoms with E-state index in [9.17, 15) is 0 Å². The molecule has 18 heavy (non-hydrogen) atoms. The van der Waals surface area contributed by atoms with E-state index in [0.29, 0.717) is 0 Å². The van der Waals surface area contributed by atoms with Crippen LogP contribution in [0.2, 0.25) is 0 Å². The van der Waals surface area contributed by atoms with E-state index in [1.54, 1.807) is 0 Å². The summed E-state index contributed by atoms with van der Waals surface area (Å²) in [6.45, 7) is 8.67. The summed E-state index contributed by atoms with van der Waals surface area (Å²) in [4.78, 5) is 0. The summed E-state index contributed by atoms with van der Waals surface area (Å²) < 4.78 is 0. The Bertz CT molecular complexity index is 408. The molecule has 0 amide bonds. The van der Waals surface area contributed by atoms with Crippen LogP contribution >= 0.6 is 0 Å². The summed E-state index contributed by atoms with van der Waals surface area (Å²) in [5, 5.41) is 0. The number of rotatable bonds is 6. The lowest BCUT2D eigenvalue weighted by Gasteiger charge is -2.21. The fourth-order valence-electron chi connectivity index (χ4n) is 2.73. The molecule has 1 aromatic carbocycles. The highest BCUT2D eigenvalue weighted by Gasteiger charge is 2.16. The smallest absolute Gasteiger partial charge is 0.0385 e. The molecular weight excluding hydrogens is 220 g/mol. The molecule has 0 bridgehead atoms. The van der Waals surface area contributed by atoms with E-state index in [1.165, 1.54) is 35.1 Å². The largest absolute Gasteiger partial charge is 0.398 e. The lowest BCUT2D eigenvalue weighted by Crippen LogP contribution is -2.10. The molecule has 0 aliphatic rings. The number of nitrogens with two attached hydrogens (primary N) is 2. The van der Waals surface area contributed by atoms with Crippen LogP contribution in [-0.2, 0) is 19.3 Å². The monoisotopic (exact) mass is 248 g/mol. The topological polar surface area (TPSA) is 52.0 Å². The standard InChI is InChI=1S/C16H28N2/c1-5-8-10-14-13(9-6-2)16(18)12(7-3)11(4)15(14)17/h5-10,17-18H2,1-4H3. The fourth-order valence-corrected chi connectivity index (χ4v) is 2.73. The molecule has 1 rings (SSSR count). The quantitative estimate of drug-likeness (QED) is 0.747. The molecule has 0 aromatic heterocycles. The predicted molar refractivity (Wildman–Crippen MR) is 82.0 cm³/mol. The summed E-state index contributed by atoms with van der Waals surface area (Å²) in [7, 11) is 0. The van der Waals surface area contributed by atoms with Gasteiger partial charge in [0, 0.05) is 11.4 Å². The maximum Gasteiger partial charge on any atom is 0.0385 e. The summed E-state index contributed by atoms with van der Waals surface area (Å²) in [6.07, 6.45) is 6.57. The van der Waals surface area contributed by atoms with Crippen molar-refractivity contribution in [3.05, 3.63) is 22.3 Å². The van der Waals surface area contributed by atoms with Crippen LogP contribution in [0.25, 0.3) is 0 Å². The minimum atomic E-state index is 0.965. The van der Waals surface area contributed by atoms with Gasteiger partial charge in [-0.1, -0.05) is 33.6 Å². The molecule has 0 atom stereocenters. The molecule has 0 fully saturated rings. The highest BCUT2D eigenvalue weighted by Crippen LogP contribution is 2.34. The average molecular weight is 248 g/mol. The first-order valence-corrected chi connectivity index (χ1v) is 7.26. The zero-order valence-corrected chi connectivity index (χ0v) is 12.4. The summed E-state index contributed by atoms with van der Waals surface area (Å²) in [5.74, 6) is 0. The third kappa shape index (κ3) is 2.80. The molecule has 0 spiro atoms. The van der Waals surface area contributed by atoms with Crippen LogP contribution in [0, 0.1) is 6.92 Å². The normalized spacial score (nSPS) is 10.9. The van der Waals surface area contributed by atoms with Crippen LogP contribution in [0.15, 0.2) is 0 Å². The van der Waals surface area contributed by atoms with Crippen molar-refractivity contribution in [2.45, 2.75) is 66.2 Å². The molecule has 1 aromatic rings. The zero-order valence-electron chi connectivity index (χ0n) is 12.4. The molecule has 4 N–H and O–H groups in total. The van der Waals surface area contributed by atoms with Crippen LogP contribution < -0.4 is 11.5 Å². The van der Waals surface area contributed by atoms with Crippen molar-refractivity contribution in [3.8, 4) is 0 Å². The summed E-state index contributed by atoms with van der Waals surface area (Å²) >= 11 is 0. The lowest BCUT2D eigenvalue weighted by atomic mass is 9.88. The van der Waals surface area contributed by atoms with E-state index in [-0.39, 0.29) is 0 Å². The number of unbranched alkanes of at least 4 members (excludes halogenated alkanes) is 1. The Labute approximate surface area is 112 Å². The fraction of sp³-hybridized carbons (Fsp3) is 0.625. The summed E-state index contributed by atoms with van der Waals surface area (Å²) in [6, 6.07) is 0. The minimum Gasteiger partial charge on any atom is -0.398 e. The number of nitrogen functional groups attached to an aromatic ring is 2. The van der Waals surface area contributed by atoms with Crippen molar-refractivity contribution in [1.82, 2.24) is 0 Å². The molecule has 0 unspecified atom stereocenters. The molecule has 2 heteroatoms. The Morgan fingerprint density at radius 2 is 1.39 bits per heavy atom. The van der Waals surface area contributed by atoms with Gasteiger partial charge in [-0.25, -0.2) is 0 Å². The molecule has 2 nitrogen and oxygen atoms in total. The van der Waals surface area contributed by atoms with Crippen molar-refractivity contribution < 1.29 is 0 Å². The molecule has 0 aliphatic heterocycles. The van der Waals surface area contributed by atoms with Gasteiger partial charge in [0.25, 0.3) is 0 Å². The molecule has 0 aliphatic carbocycles. The Kier molecular flexibility index (Phi) is 5.52. The van der Waals surface area contributed by atoms with Gasteiger partial charge in [-0.05, 0) is 54.9 Å². The van der Waals surface area contributed by atoms with E-state index in [4.69, 9.17) is 11.5 Å². The van der Waals surface area contributed by atoms with Crippen molar-refractivity contribution >= 4 is 11.4 Å². The van der Waals surface area contributed by atoms with Gasteiger partial charge in [0.15, 0.2) is 0 Å². The molecule has 102 valence electrons. The second kappa shape index (κ2) is 6.67. The molecule has 0 saturated heterocycles. The van der Waals surface area contributed by atoms with Gasteiger partial charge in [-0.2, -0.15) is 0 Å². The molecule has 0 saturated carbocycles. The van der Waals surface area contributed by atoms with Crippen molar-refractivity contribution in [2.24, 2.45) is 0 Å². The average Bonchev–Trinajstić information content (AvgIpc) is 2.36. The SMILES string of the molecule is CCCCc1c(N)c(C)c(CC)c(N)c1CCC. The van der Waals surface area contributed by atoms with E-state index in [2.05, 4.69) is 27.7 Å². The first-order chi connectivity index (χ1) is 8.58. The van der Waals surface area contributed by atoms with Crippen LogP contribution in [-0.4, -0.2) is 0 Å². The predicted octanol–water partition coefficient (Wildman–Crippen LogP) is 4.02. The number of hydrogen-bond donors (Lipinski definition) is 2. The van der Waals surface area contributed by atoms with Crippen molar-refractivity contribution in [2.75, 3.05) is 11.5 Å². The van der Waals surface area contributed by atoms with Gasteiger partial charge in [0.1, 0.15) is 0 Å². The third-order valence-corrected chi connectivity index (χ3v) is 3.83. The second-order valence-electron chi connectivity index (χ2n) is 5.10. The van der Waals surface area contributed by atoms with Crippen molar-refractivity contribution in [1.29, 1.82) is 0 Å². The molecule has 0 radical (unpaired) electrons. The summed E-state index contributed by atoms with van der Waals surface area (Å²) in [5.41, 5.74) is 19.8. The van der Waals surface area contributed by atoms with Crippen LogP contribution in [0.1, 0.15) is 62.3 Å². The Hall–Kier alpha value is -1.18. The first kappa shape index (κ1) is 14.9. The van der Waals surface area contributed by atoms with Crippen molar-refractivity contribution in [3.63, 3.8) is 0 Å². The maximum atomic E-state index is 6.37. The highest BCUT2D eigenvalue weighted by atomic mass is 14.6. The van der Waals surface area contributed by atoms with E-state index >= 15 is 0 Å². The Balaban J connectivity index is 3.37. The molecular formula is C16H28N2. The molecule has 0 heterocycles. The van der Waals surface area contributed by atoms with Gasteiger partial charge in [-0.15, -0.1) is 0 Å². The number of hydrogen-bond acceptors (Lipinski definition) is 2. The van der Waals surface area contributed by atoms with Crippen LogP contribution in [0.4, 0.5) is 11.4 Å².